The van der Waals surface area contributed by atoms with Gasteiger partial charge in [-0.2, -0.15) is 16.8 Å². The van der Waals surface area contributed by atoms with E-state index in [-0.39, 0.29) is 27.5 Å². The van der Waals surface area contributed by atoms with Crippen molar-refractivity contribution in [2.75, 3.05) is 0 Å². The maximum absolute atomic E-state index is 11.2. The van der Waals surface area contributed by atoms with Crippen LogP contribution in [0, 0.1) is 5.92 Å². The van der Waals surface area contributed by atoms with E-state index >= 15 is 0 Å². The highest BCUT2D eigenvalue weighted by Crippen LogP contribution is 2.48. The van der Waals surface area contributed by atoms with Crippen LogP contribution in [0.25, 0.3) is 0 Å². The van der Waals surface area contributed by atoms with Gasteiger partial charge in [0.05, 0.1) is 9.79 Å². The quantitative estimate of drug-likeness (QED) is 0.766. The molecule has 0 amide bonds. The summed E-state index contributed by atoms with van der Waals surface area (Å²) in [6, 6.07) is 12.6. The lowest BCUT2D eigenvalue weighted by Crippen LogP contribution is -2.09. The molecule has 0 spiro atoms. The zero-order valence-corrected chi connectivity index (χ0v) is 15.7. The molecule has 0 aliphatic heterocycles. The molecule has 6 nitrogen and oxygen atoms in total. The Morgan fingerprint density at radius 2 is 1.00 bits per heavy atom. The molecular weight excluding hydrogens is 376 g/mol. The first-order valence-corrected chi connectivity index (χ1v) is 11.1. The summed E-state index contributed by atoms with van der Waals surface area (Å²) < 4.78 is 62.8. The van der Waals surface area contributed by atoms with Crippen molar-refractivity contribution in [1.29, 1.82) is 0 Å². The molecule has 1 aliphatic rings. The molecule has 2 N–H and O–H groups in total. The fraction of sp³-hybridized carbons (Fsp3) is 0.333. The van der Waals surface area contributed by atoms with Crippen molar-refractivity contribution >= 4 is 20.2 Å². The van der Waals surface area contributed by atoms with Crippen molar-refractivity contribution < 1.29 is 25.9 Å². The van der Waals surface area contributed by atoms with E-state index in [0.717, 1.165) is 24.0 Å². The molecule has 2 atom stereocenters. The fourth-order valence-electron chi connectivity index (χ4n) is 3.88. The molecule has 0 bridgehead atoms. The Kier molecular flexibility index (Phi) is 4.96. The summed E-state index contributed by atoms with van der Waals surface area (Å²) in [6.07, 6.45) is 1.86. The van der Waals surface area contributed by atoms with Crippen molar-refractivity contribution in [3.63, 3.8) is 0 Å². The lowest BCUT2D eigenvalue weighted by molar-refractivity contribution is 0.479. The molecule has 3 rings (SSSR count). The minimum Gasteiger partial charge on any atom is -0.282 e. The number of benzene rings is 2. The highest BCUT2D eigenvalue weighted by Gasteiger charge is 2.34. The van der Waals surface area contributed by atoms with E-state index in [4.69, 9.17) is 9.11 Å². The highest BCUT2D eigenvalue weighted by molar-refractivity contribution is 7.86. The standard InChI is InChI=1S/C18H20O6S2/c1-12-17(13-2-6-15(7-3-13)25(19,20)21)10-11-18(12)14-4-8-16(9-5-14)26(22,23)24/h2-9,12,17-18H,10-11H2,1H3,(H,19,20,21)(H,22,23,24). The van der Waals surface area contributed by atoms with Gasteiger partial charge < -0.3 is 0 Å². The minimum absolute atomic E-state index is 0.121. The Morgan fingerprint density at radius 1 is 0.692 bits per heavy atom. The molecular formula is C18H20O6S2. The van der Waals surface area contributed by atoms with E-state index in [1.807, 2.05) is 0 Å². The van der Waals surface area contributed by atoms with Crippen molar-refractivity contribution in [1.82, 2.24) is 0 Å². The maximum Gasteiger partial charge on any atom is 0.294 e. The third-order valence-corrected chi connectivity index (χ3v) is 7.01. The van der Waals surface area contributed by atoms with Crippen LogP contribution in [0.4, 0.5) is 0 Å². The molecule has 0 saturated heterocycles. The van der Waals surface area contributed by atoms with Gasteiger partial charge in [-0.15, -0.1) is 0 Å². The normalized spacial score (nSPS) is 23.9. The van der Waals surface area contributed by atoms with Gasteiger partial charge in [0.1, 0.15) is 0 Å². The average Bonchev–Trinajstić information content (AvgIpc) is 2.95. The van der Waals surface area contributed by atoms with Crippen LogP contribution >= 0.6 is 0 Å². The summed E-state index contributed by atoms with van der Waals surface area (Å²) in [6.45, 7) is 2.12. The monoisotopic (exact) mass is 396 g/mol. The van der Waals surface area contributed by atoms with E-state index in [0.29, 0.717) is 0 Å². The first-order chi connectivity index (χ1) is 12.1. The molecule has 2 aromatic carbocycles. The van der Waals surface area contributed by atoms with Crippen LogP contribution in [0.15, 0.2) is 58.3 Å². The first kappa shape index (κ1) is 19.0. The molecule has 1 fully saturated rings. The largest absolute Gasteiger partial charge is 0.294 e. The SMILES string of the molecule is CC1C(c2ccc(S(=O)(=O)O)cc2)CCC1c1ccc(S(=O)(=O)O)cc1. The van der Waals surface area contributed by atoms with Crippen LogP contribution in [0.3, 0.4) is 0 Å². The van der Waals surface area contributed by atoms with E-state index in [9.17, 15) is 16.8 Å². The third-order valence-electron chi connectivity index (χ3n) is 5.27. The second kappa shape index (κ2) is 6.77. The summed E-state index contributed by atoms with van der Waals surface area (Å²) in [4.78, 5) is -0.242. The Balaban J connectivity index is 1.80. The first-order valence-electron chi connectivity index (χ1n) is 8.22. The molecule has 1 saturated carbocycles. The molecule has 0 aromatic heterocycles. The number of rotatable bonds is 4. The van der Waals surface area contributed by atoms with Crippen LogP contribution < -0.4 is 0 Å². The van der Waals surface area contributed by atoms with E-state index in [1.165, 1.54) is 24.3 Å². The predicted molar refractivity (Wildman–Crippen MR) is 96.4 cm³/mol. The van der Waals surface area contributed by atoms with Crippen molar-refractivity contribution in [2.24, 2.45) is 5.92 Å². The number of hydrogen-bond donors (Lipinski definition) is 2. The van der Waals surface area contributed by atoms with Gasteiger partial charge in [-0.25, -0.2) is 0 Å². The minimum atomic E-state index is -4.20. The highest BCUT2D eigenvalue weighted by atomic mass is 32.2. The third kappa shape index (κ3) is 3.83. The Bertz CT molecular complexity index is 909. The fourth-order valence-corrected chi connectivity index (χ4v) is 4.84. The molecule has 140 valence electrons. The van der Waals surface area contributed by atoms with Gasteiger partial charge in [-0.3, -0.25) is 9.11 Å². The lowest BCUT2D eigenvalue weighted by atomic mass is 9.83. The Hall–Kier alpha value is -1.74. The molecule has 2 aromatic rings. The Labute approximate surface area is 153 Å². The van der Waals surface area contributed by atoms with Gasteiger partial charge in [0.2, 0.25) is 0 Å². The van der Waals surface area contributed by atoms with Gasteiger partial charge >= 0.3 is 0 Å². The van der Waals surface area contributed by atoms with Crippen molar-refractivity contribution in [3.8, 4) is 0 Å². The maximum atomic E-state index is 11.2. The summed E-state index contributed by atoms with van der Waals surface area (Å²) in [5, 5.41) is 0. The van der Waals surface area contributed by atoms with E-state index in [2.05, 4.69) is 6.92 Å². The van der Waals surface area contributed by atoms with E-state index in [1.54, 1.807) is 24.3 Å². The summed E-state index contributed by atoms with van der Waals surface area (Å²) in [7, 11) is -8.39. The van der Waals surface area contributed by atoms with Crippen LogP contribution in [-0.4, -0.2) is 25.9 Å². The average molecular weight is 396 g/mol. The van der Waals surface area contributed by atoms with Gasteiger partial charge in [0, 0.05) is 0 Å². The smallest absolute Gasteiger partial charge is 0.282 e. The number of hydrogen-bond acceptors (Lipinski definition) is 4. The van der Waals surface area contributed by atoms with Gasteiger partial charge in [0.15, 0.2) is 0 Å². The molecule has 26 heavy (non-hydrogen) atoms. The van der Waals surface area contributed by atoms with Crippen molar-refractivity contribution in [2.45, 2.75) is 41.4 Å². The molecule has 2 unspecified atom stereocenters. The molecule has 8 heteroatoms. The summed E-state index contributed by atoms with van der Waals surface area (Å²) in [5.74, 6) is 0.775. The lowest BCUT2D eigenvalue weighted by Gasteiger charge is -2.22. The molecule has 0 heterocycles. The van der Waals surface area contributed by atoms with Crippen LogP contribution in [0.5, 0.6) is 0 Å². The second-order valence-electron chi connectivity index (χ2n) is 6.74. The predicted octanol–water partition coefficient (Wildman–Crippen LogP) is 3.48. The van der Waals surface area contributed by atoms with Gasteiger partial charge in [0.25, 0.3) is 20.2 Å². The van der Waals surface area contributed by atoms with Crippen LogP contribution in [0.1, 0.15) is 42.7 Å². The van der Waals surface area contributed by atoms with Crippen molar-refractivity contribution in [3.05, 3.63) is 59.7 Å². The summed E-state index contributed by atoms with van der Waals surface area (Å²) in [5.41, 5.74) is 2.03. The molecule has 1 aliphatic carbocycles. The summed E-state index contributed by atoms with van der Waals surface area (Å²) >= 11 is 0. The van der Waals surface area contributed by atoms with Gasteiger partial charge in [-0.1, -0.05) is 31.2 Å². The van der Waals surface area contributed by atoms with Crippen LogP contribution in [-0.2, 0) is 20.2 Å². The van der Waals surface area contributed by atoms with Crippen LogP contribution in [0.2, 0.25) is 0 Å². The zero-order valence-electron chi connectivity index (χ0n) is 14.1. The van der Waals surface area contributed by atoms with E-state index < -0.39 is 20.2 Å². The Morgan fingerprint density at radius 3 is 1.27 bits per heavy atom. The topological polar surface area (TPSA) is 109 Å². The second-order valence-corrected chi connectivity index (χ2v) is 9.58. The zero-order chi connectivity index (χ0) is 19.1. The molecule has 0 radical (unpaired) electrons. The van der Waals surface area contributed by atoms with Gasteiger partial charge in [-0.05, 0) is 66.0 Å².